The van der Waals surface area contributed by atoms with Gasteiger partial charge in [0.25, 0.3) is 0 Å². The van der Waals surface area contributed by atoms with Crippen LogP contribution in [0.1, 0.15) is 24.8 Å². The van der Waals surface area contributed by atoms with E-state index < -0.39 is 0 Å². The summed E-state index contributed by atoms with van der Waals surface area (Å²) in [6.45, 7) is 4.07. The standard InChI is InChI=1S/C14H19N3O/c1-10(5-7-12-4-3-9-18-12)16-14-13(15)8-6-11(2)17-14/h3-4,6,8-10H,5,7,15H2,1-2H3,(H,16,17). The lowest BCUT2D eigenvalue weighted by Crippen LogP contribution is -2.18. The van der Waals surface area contributed by atoms with Crippen molar-refractivity contribution < 1.29 is 4.42 Å². The fraction of sp³-hybridized carbons (Fsp3) is 0.357. The molecule has 2 rings (SSSR count). The van der Waals surface area contributed by atoms with Crippen LogP contribution in [0.2, 0.25) is 0 Å². The highest BCUT2D eigenvalue weighted by Gasteiger charge is 2.07. The number of nitrogens with zero attached hydrogens (tertiary/aromatic N) is 1. The molecule has 0 saturated carbocycles. The number of nitrogen functional groups attached to an aromatic ring is 1. The first-order valence-electron chi connectivity index (χ1n) is 6.17. The lowest BCUT2D eigenvalue weighted by Gasteiger charge is -2.15. The molecule has 0 radical (unpaired) electrons. The van der Waals surface area contributed by atoms with Gasteiger partial charge >= 0.3 is 0 Å². The van der Waals surface area contributed by atoms with Gasteiger partial charge in [0.05, 0.1) is 12.0 Å². The molecule has 18 heavy (non-hydrogen) atoms. The number of hydrogen-bond acceptors (Lipinski definition) is 4. The molecule has 2 aromatic heterocycles. The summed E-state index contributed by atoms with van der Waals surface area (Å²) >= 11 is 0. The number of aromatic nitrogens is 1. The summed E-state index contributed by atoms with van der Waals surface area (Å²) in [6, 6.07) is 7.99. The van der Waals surface area contributed by atoms with E-state index in [-0.39, 0.29) is 0 Å². The van der Waals surface area contributed by atoms with Crippen molar-refractivity contribution in [3.8, 4) is 0 Å². The largest absolute Gasteiger partial charge is 0.469 e. The molecule has 0 aliphatic heterocycles. The van der Waals surface area contributed by atoms with Gasteiger partial charge in [-0.1, -0.05) is 0 Å². The molecule has 0 saturated heterocycles. The van der Waals surface area contributed by atoms with Crippen molar-refractivity contribution in [2.24, 2.45) is 0 Å². The predicted molar refractivity (Wildman–Crippen MR) is 73.5 cm³/mol. The Morgan fingerprint density at radius 2 is 2.22 bits per heavy atom. The molecule has 2 aromatic rings. The molecular formula is C14H19N3O. The number of rotatable bonds is 5. The molecule has 2 heterocycles. The molecule has 0 aliphatic rings. The Hall–Kier alpha value is -1.97. The first-order valence-corrected chi connectivity index (χ1v) is 6.17. The highest BCUT2D eigenvalue weighted by Crippen LogP contribution is 2.17. The van der Waals surface area contributed by atoms with Crippen LogP contribution in [0.25, 0.3) is 0 Å². The maximum Gasteiger partial charge on any atom is 0.149 e. The number of aryl methyl sites for hydroxylation is 2. The number of hydrogen-bond donors (Lipinski definition) is 2. The SMILES string of the molecule is Cc1ccc(N)c(NC(C)CCc2ccco2)n1. The van der Waals surface area contributed by atoms with Crippen molar-refractivity contribution >= 4 is 11.5 Å². The summed E-state index contributed by atoms with van der Waals surface area (Å²) < 4.78 is 5.31. The number of pyridine rings is 1. The van der Waals surface area contributed by atoms with Crippen molar-refractivity contribution in [3.63, 3.8) is 0 Å². The van der Waals surface area contributed by atoms with Crippen LogP contribution in [0, 0.1) is 6.92 Å². The maximum absolute atomic E-state index is 5.88. The van der Waals surface area contributed by atoms with E-state index in [9.17, 15) is 0 Å². The summed E-state index contributed by atoms with van der Waals surface area (Å²) in [5.74, 6) is 1.77. The topological polar surface area (TPSA) is 64.1 Å². The summed E-state index contributed by atoms with van der Waals surface area (Å²) in [5, 5.41) is 3.34. The van der Waals surface area contributed by atoms with Crippen molar-refractivity contribution in [1.29, 1.82) is 0 Å². The van der Waals surface area contributed by atoms with Crippen molar-refractivity contribution in [1.82, 2.24) is 4.98 Å². The van der Waals surface area contributed by atoms with E-state index in [0.717, 1.165) is 30.1 Å². The Morgan fingerprint density at radius 3 is 2.94 bits per heavy atom. The first kappa shape index (κ1) is 12.5. The average molecular weight is 245 g/mol. The van der Waals surface area contributed by atoms with Gasteiger partial charge in [0.1, 0.15) is 11.6 Å². The molecule has 0 fully saturated rings. The quantitative estimate of drug-likeness (QED) is 0.850. The normalized spacial score (nSPS) is 12.3. The van der Waals surface area contributed by atoms with Gasteiger partial charge in [0.2, 0.25) is 0 Å². The van der Waals surface area contributed by atoms with Gasteiger partial charge in [-0.05, 0) is 44.5 Å². The average Bonchev–Trinajstić information content (AvgIpc) is 2.84. The van der Waals surface area contributed by atoms with E-state index in [1.54, 1.807) is 6.26 Å². The van der Waals surface area contributed by atoms with Crippen molar-refractivity contribution in [2.75, 3.05) is 11.1 Å². The molecule has 0 aromatic carbocycles. The minimum Gasteiger partial charge on any atom is -0.469 e. The molecular weight excluding hydrogens is 226 g/mol. The maximum atomic E-state index is 5.88. The molecule has 0 amide bonds. The number of furan rings is 1. The van der Waals surface area contributed by atoms with Gasteiger partial charge in [0.15, 0.2) is 0 Å². The number of anilines is 2. The second-order valence-corrected chi connectivity index (χ2v) is 4.55. The van der Waals surface area contributed by atoms with Crippen LogP contribution >= 0.6 is 0 Å². The molecule has 1 unspecified atom stereocenters. The zero-order chi connectivity index (χ0) is 13.0. The Morgan fingerprint density at radius 1 is 1.39 bits per heavy atom. The lowest BCUT2D eigenvalue weighted by molar-refractivity contribution is 0.495. The van der Waals surface area contributed by atoms with E-state index in [1.165, 1.54) is 0 Å². The minimum atomic E-state index is 0.298. The lowest BCUT2D eigenvalue weighted by atomic mass is 10.1. The van der Waals surface area contributed by atoms with Crippen LogP contribution in [0.15, 0.2) is 34.9 Å². The Labute approximate surface area is 107 Å². The summed E-state index contributed by atoms with van der Waals surface area (Å²) in [7, 11) is 0. The molecule has 96 valence electrons. The van der Waals surface area contributed by atoms with E-state index in [2.05, 4.69) is 17.2 Å². The molecule has 0 spiro atoms. The Bertz CT molecular complexity index is 494. The summed E-state index contributed by atoms with van der Waals surface area (Å²) in [5.41, 5.74) is 7.53. The van der Waals surface area contributed by atoms with Crippen molar-refractivity contribution in [2.45, 2.75) is 32.7 Å². The molecule has 4 nitrogen and oxygen atoms in total. The Balaban J connectivity index is 1.90. The third-order valence-electron chi connectivity index (χ3n) is 2.85. The van der Waals surface area contributed by atoms with Gasteiger partial charge in [-0.15, -0.1) is 0 Å². The van der Waals surface area contributed by atoms with Crippen LogP contribution in [0.4, 0.5) is 11.5 Å². The third-order valence-corrected chi connectivity index (χ3v) is 2.85. The Kier molecular flexibility index (Phi) is 3.87. The van der Waals surface area contributed by atoms with Crippen LogP contribution in [-0.2, 0) is 6.42 Å². The van der Waals surface area contributed by atoms with Crippen LogP contribution in [-0.4, -0.2) is 11.0 Å². The summed E-state index contributed by atoms with van der Waals surface area (Å²) in [6.07, 6.45) is 3.59. The summed E-state index contributed by atoms with van der Waals surface area (Å²) in [4.78, 5) is 4.40. The van der Waals surface area contributed by atoms with E-state index in [1.807, 2.05) is 31.2 Å². The van der Waals surface area contributed by atoms with Gasteiger partial charge in [-0.25, -0.2) is 4.98 Å². The molecule has 1 atom stereocenters. The number of nitrogens with one attached hydrogen (secondary N) is 1. The highest BCUT2D eigenvalue weighted by atomic mass is 16.3. The zero-order valence-electron chi connectivity index (χ0n) is 10.8. The van der Waals surface area contributed by atoms with E-state index in [0.29, 0.717) is 11.7 Å². The molecule has 0 aliphatic carbocycles. The number of nitrogens with two attached hydrogens (primary N) is 1. The second-order valence-electron chi connectivity index (χ2n) is 4.55. The zero-order valence-corrected chi connectivity index (χ0v) is 10.8. The minimum absolute atomic E-state index is 0.298. The van der Waals surface area contributed by atoms with E-state index >= 15 is 0 Å². The molecule has 4 heteroatoms. The third kappa shape index (κ3) is 3.26. The highest BCUT2D eigenvalue weighted by molar-refractivity contribution is 5.61. The smallest absolute Gasteiger partial charge is 0.149 e. The molecule has 3 N–H and O–H groups in total. The first-order chi connectivity index (χ1) is 8.65. The molecule has 0 bridgehead atoms. The van der Waals surface area contributed by atoms with Crippen LogP contribution in [0.5, 0.6) is 0 Å². The van der Waals surface area contributed by atoms with Crippen molar-refractivity contribution in [3.05, 3.63) is 42.0 Å². The fourth-order valence-corrected chi connectivity index (χ4v) is 1.80. The van der Waals surface area contributed by atoms with Gasteiger partial charge in [-0.2, -0.15) is 0 Å². The monoisotopic (exact) mass is 245 g/mol. The van der Waals surface area contributed by atoms with Crippen LogP contribution in [0.3, 0.4) is 0 Å². The second kappa shape index (κ2) is 5.58. The van der Waals surface area contributed by atoms with Gasteiger partial charge in [-0.3, -0.25) is 0 Å². The van der Waals surface area contributed by atoms with E-state index in [4.69, 9.17) is 10.2 Å². The fourth-order valence-electron chi connectivity index (χ4n) is 1.80. The van der Waals surface area contributed by atoms with Gasteiger partial charge < -0.3 is 15.5 Å². The van der Waals surface area contributed by atoms with Crippen LogP contribution < -0.4 is 11.1 Å². The predicted octanol–water partition coefficient (Wildman–Crippen LogP) is 3.00. The van der Waals surface area contributed by atoms with Gasteiger partial charge in [0, 0.05) is 18.2 Å².